The molecule has 0 fully saturated rings. The zero-order valence-corrected chi connectivity index (χ0v) is 11.7. The summed E-state index contributed by atoms with van der Waals surface area (Å²) in [6.07, 6.45) is 1.71. The Kier molecular flexibility index (Phi) is 6.16. The average molecular weight is 269 g/mol. The first-order valence-electron chi connectivity index (χ1n) is 6.30. The Hall–Kier alpha value is -1.06. The maximum Gasteiger partial charge on any atom is 0.223 e. The maximum atomic E-state index is 11.9. The number of nitrogens with one attached hydrogen (secondary N) is 1. The minimum Gasteiger partial charge on any atom is -0.349 e. The summed E-state index contributed by atoms with van der Waals surface area (Å²) in [4.78, 5) is 11.9. The molecule has 1 amide bonds. The molecule has 0 bridgehead atoms. The first-order valence-corrected chi connectivity index (χ1v) is 6.68. The predicted octanol–water partition coefficient (Wildman–Crippen LogP) is 2.89. The summed E-state index contributed by atoms with van der Waals surface area (Å²) >= 11 is 5.83. The number of amides is 1. The summed E-state index contributed by atoms with van der Waals surface area (Å²) in [6.45, 7) is 4.53. The third-order valence-electron chi connectivity index (χ3n) is 3.02. The molecular weight excluding hydrogens is 248 g/mol. The van der Waals surface area contributed by atoms with Crippen molar-refractivity contribution in [3.05, 3.63) is 34.9 Å². The van der Waals surface area contributed by atoms with Gasteiger partial charge in [0, 0.05) is 10.9 Å². The fraction of sp³-hybridized carbons (Fsp3) is 0.500. The molecule has 0 aliphatic rings. The Morgan fingerprint density at radius 1 is 1.33 bits per heavy atom. The molecule has 18 heavy (non-hydrogen) atoms. The van der Waals surface area contributed by atoms with E-state index in [0.717, 1.165) is 18.4 Å². The van der Waals surface area contributed by atoms with Gasteiger partial charge in [-0.3, -0.25) is 4.79 Å². The highest BCUT2D eigenvalue weighted by molar-refractivity contribution is 6.30. The molecule has 1 aromatic rings. The molecule has 1 unspecified atom stereocenters. The van der Waals surface area contributed by atoms with E-state index in [2.05, 4.69) is 5.32 Å². The lowest BCUT2D eigenvalue weighted by Crippen LogP contribution is -2.31. The van der Waals surface area contributed by atoms with Gasteiger partial charge in [-0.25, -0.2) is 0 Å². The highest BCUT2D eigenvalue weighted by atomic mass is 35.5. The highest BCUT2D eigenvalue weighted by Gasteiger charge is 2.15. The van der Waals surface area contributed by atoms with Crippen molar-refractivity contribution in [1.29, 1.82) is 0 Å². The van der Waals surface area contributed by atoms with Gasteiger partial charge in [0.25, 0.3) is 0 Å². The van der Waals surface area contributed by atoms with Crippen molar-refractivity contribution in [3.63, 3.8) is 0 Å². The summed E-state index contributed by atoms with van der Waals surface area (Å²) < 4.78 is 0. The van der Waals surface area contributed by atoms with Crippen LogP contribution >= 0.6 is 11.6 Å². The van der Waals surface area contributed by atoms with E-state index in [1.54, 1.807) is 0 Å². The minimum atomic E-state index is -0.00454. The number of carbonyl (C=O) groups is 1. The van der Waals surface area contributed by atoms with Crippen molar-refractivity contribution in [2.75, 3.05) is 6.54 Å². The number of hydrogen-bond donors (Lipinski definition) is 2. The Balaban J connectivity index is 2.51. The molecule has 0 spiro atoms. The molecule has 0 saturated carbocycles. The van der Waals surface area contributed by atoms with Crippen molar-refractivity contribution in [3.8, 4) is 0 Å². The molecule has 1 aromatic carbocycles. The summed E-state index contributed by atoms with van der Waals surface area (Å²) in [7, 11) is 0. The molecule has 2 atom stereocenters. The highest BCUT2D eigenvalue weighted by Crippen LogP contribution is 2.17. The van der Waals surface area contributed by atoms with Crippen LogP contribution in [-0.2, 0) is 4.79 Å². The third-order valence-corrected chi connectivity index (χ3v) is 3.27. The predicted molar refractivity (Wildman–Crippen MR) is 75.5 cm³/mol. The van der Waals surface area contributed by atoms with Crippen LogP contribution in [0, 0.1) is 5.92 Å². The fourth-order valence-electron chi connectivity index (χ4n) is 1.75. The largest absolute Gasteiger partial charge is 0.349 e. The number of rotatable bonds is 6. The molecule has 3 nitrogen and oxygen atoms in total. The van der Waals surface area contributed by atoms with Gasteiger partial charge in [-0.05, 0) is 44.0 Å². The van der Waals surface area contributed by atoms with Crippen LogP contribution < -0.4 is 11.1 Å². The van der Waals surface area contributed by atoms with Gasteiger partial charge in [-0.15, -0.1) is 0 Å². The van der Waals surface area contributed by atoms with Crippen LogP contribution in [0.2, 0.25) is 5.02 Å². The lowest BCUT2D eigenvalue weighted by atomic mass is 10.0. The van der Waals surface area contributed by atoms with Crippen LogP contribution in [0.1, 0.15) is 38.3 Å². The molecule has 100 valence electrons. The second-order valence-electron chi connectivity index (χ2n) is 4.61. The van der Waals surface area contributed by atoms with Gasteiger partial charge in [0.2, 0.25) is 5.91 Å². The lowest BCUT2D eigenvalue weighted by Gasteiger charge is -2.17. The van der Waals surface area contributed by atoms with Gasteiger partial charge < -0.3 is 11.1 Å². The average Bonchev–Trinajstić information content (AvgIpc) is 2.36. The zero-order valence-electron chi connectivity index (χ0n) is 10.9. The normalized spacial score (nSPS) is 14.0. The molecule has 0 aliphatic carbocycles. The van der Waals surface area contributed by atoms with Crippen LogP contribution in [0.3, 0.4) is 0 Å². The summed E-state index contributed by atoms with van der Waals surface area (Å²) in [5.41, 5.74) is 6.49. The van der Waals surface area contributed by atoms with E-state index in [9.17, 15) is 4.79 Å². The van der Waals surface area contributed by atoms with E-state index in [1.807, 2.05) is 38.1 Å². The smallest absolute Gasteiger partial charge is 0.223 e. The van der Waals surface area contributed by atoms with E-state index in [-0.39, 0.29) is 17.9 Å². The standard InChI is InChI=1S/C14H21ClN2O/c1-10(4-3-9-16)14(18)17-11(2)12-5-7-13(15)8-6-12/h5-8,10-11H,3-4,9,16H2,1-2H3,(H,17,18)/t10?,11-/m1/s1. The first kappa shape index (κ1) is 15.0. The van der Waals surface area contributed by atoms with Gasteiger partial charge in [-0.2, -0.15) is 0 Å². The van der Waals surface area contributed by atoms with Crippen LogP contribution in [0.4, 0.5) is 0 Å². The van der Waals surface area contributed by atoms with Crippen molar-refractivity contribution in [1.82, 2.24) is 5.32 Å². The van der Waals surface area contributed by atoms with E-state index >= 15 is 0 Å². The molecule has 0 radical (unpaired) electrons. The minimum absolute atomic E-state index is 0.00306. The van der Waals surface area contributed by atoms with E-state index < -0.39 is 0 Å². The summed E-state index contributed by atoms with van der Waals surface area (Å²) in [6, 6.07) is 7.51. The van der Waals surface area contributed by atoms with Crippen molar-refractivity contribution in [2.45, 2.75) is 32.7 Å². The number of halogens is 1. The zero-order chi connectivity index (χ0) is 13.5. The number of benzene rings is 1. The molecule has 4 heteroatoms. The van der Waals surface area contributed by atoms with E-state index in [4.69, 9.17) is 17.3 Å². The van der Waals surface area contributed by atoms with Crippen molar-refractivity contribution >= 4 is 17.5 Å². The first-order chi connectivity index (χ1) is 8.54. The van der Waals surface area contributed by atoms with Gasteiger partial charge in [-0.1, -0.05) is 30.7 Å². The second kappa shape index (κ2) is 7.39. The molecule has 0 saturated heterocycles. The Morgan fingerprint density at radius 2 is 1.94 bits per heavy atom. The third kappa shape index (κ3) is 4.67. The van der Waals surface area contributed by atoms with Gasteiger partial charge in [0.1, 0.15) is 0 Å². The molecule has 0 heterocycles. The van der Waals surface area contributed by atoms with Gasteiger partial charge in [0.05, 0.1) is 6.04 Å². The van der Waals surface area contributed by atoms with Crippen molar-refractivity contribution < 1.29 is 4.79 Å². The Bertz CT molecular complexity index is 378. The lowest BCUT2D eigenvalue weighted by molar-refractivity contribution is -0.125. The molecule has 0 aromatic heterocycles. The molecule has 0 aliphatic heterocycles. The quantitative estimate of drug-likeness (QED) is 0.834. The number of nitrogens with two attached hydrogens (primary N) is 1. The van der Waals surface area contributed by atoms with E-state index in [0.29, 0.717) is 11.6 Å². The topological polar surface area (TPSA) is 55.1 Å². The number of carbonyl (C=O) groups excluding carboxylic acids is 1. The second-order valence-corrected chi connectivity index (χ2v) is 5.05. The SMILES string of the molecule is CC(CCCN)C(=O)N[C@H](C)c1ccc(Cl)cc1. The van der Waals surface area contributed by atoms with Crippen LogP contribution in [-0.4, -0.2) is 12.5 Å². The van der Waals surface area contributed by atoms with Gasteiger partial charge in [0.15, 0.2) is 0 Å². The monoisotopic (exact) mass is 268 g/mol. The molecule has 3 N–H and O–H groups in total. The number of hydrogen-bond acceptors (Lipinski definition) is 2. The van der Waals surface area contributed by atoms with Crippen LogP contribution in [0.5, 0.6) is 0 Å². The summed E-state index contributed by atoms with van der Waals surface area (Å²) in [5.74, 6) is 0.0780. The fourth-order valence-corrected chi connectivity index (χ4v) is 1.87. The maximum absolute atomic E-state index is 11.9. The van der Waals surface area contributed by atoms with E-state index in [1.165, 1.54) is 0 Å². The van der Waals surface area contributed by atoms with Crippen molar-refractivity contribution in [2.24, 2.45) is 11.7 Å². The Labute approximate surface area is 114 Å². The van der Waals surface area contributed by atoms with Crippen LogP contribution in [0.25, 0.3) is 0 Å². The van der Waals surface area contributed by atoms with Crippen LogP contribution in [0.15, 0.2) is 24.3 Å². The summed E-state index contributed by atoms with van der Waals surface area (Å²) in [5, 5.41) is 3.70. The van der Waals surface area contributed by atoms with Gasteiger partial charge >= 0.3 is 0 Å². The molecule has 1 rings (SSSR count). The Morgan fingerprint density at radius 3 is 2.50 bits per heavy atom. The molecular formula is C14H21ClN2O.